The molecule has 1 atom stereocenters. The van der Waals surface area contributed by atoms with Crippen molar-refractivity contribution in [3.05, 3.63) is 70.0 Å². The SMILES string of the molecule is O=c1cc(N2CCOCC2)cc(-c2cccc3c2Oc2ccc(NC4CCCNC4)cc2C3)[nH]1. The molecule has 1 unspecified atom stereocenters. The molecule has 7 nitrogen and oxygen atoms in total. The predicted molar refractivity (Wildman–Crippen MR) is 134 cm³/mol. The molecule has 3 aliphatic heterocycles. The Labute approximate surface area is 199 Å². The Morgan fingerprint density at radius 3 is 2.79 bits per heavy atom. The van der Waals surface area contributed by atoms with Gasteiger partial charge in [-0.15, -0.1) is 0 Å². The zero-order valence-electron chi connectivity index (χ0n) is 19.2. The first-order chi connectivity index (χ1) is 16.7. The van der Waals surface area contributed by atoms with Crippen LogP contribution in [0.25, 0.3) is 11.3 Å². The average molecular weight is 459 g/mol. The van der Waals surface area contributed by atoms with E-state index in [1.165, 1.54) is 18.4 Å². The first-order valence-electron chi connectivity index (χ1n) is 12.2. The first kappa shape index (κ1) is 21.3. The van der Waals surface area contributed by atoms with Gasteiger partial charge in [0, 0.05) is 60.7 Å². The third-order valence-corrected chi connectivity index (χ3v) is 6.91. The number of benzene rings is 2. The zero-order valence-corrected chi connectivity index (χ0v) is 19.2. The second-order valence-corrected chi connectivity index (χ2v) is 9.30. The number of ether oxygens (including phenoxy) is 2. The Morgan fingerprint density at radius 1 is 1.03 bits per heavy atom. The predicted octanol–water partition coefficient (Wildman–Crippen LogP) is 3.74. The molecule has 2 aromatic carbocycles. The molecule has 0 amide bonds. The molecule has 3 N–H and O–H groups in total. The van der Waals surface area contributed by atoms with E-state index in [1.807, 2.05) is 18.2 Å². The summed E-state index contributed by atoms with van der Waals surface area (Å²) in [6.45, 7) is 5.03. The van der Waals surface area contributed by atoms with Gasteiger partial charge in [0.1, 0.15) is 11.5 Å². The van der Waals surface area contributed by atoms with E-state index in [-0.39, 0.29) is 5.56 Å². The molecule has 0 bridgehead atoms. The monoisotopic (exact) mass is 458 g/mol. The Kier molecular flexibility index (Phi) is 5.73. The fraction of sp³-hybridized carbons (Fsp3) is 0.370. The van der Waals surface area contributed by atoms with Crippen molar-refractivity contribution >= 4 is 11.4 Å². The van der Waals surface area contributed by atoms with Gasteiger partial charge in [0.15, 0.2) is 0 Å². The van der Waals surface area contributed by atoms with Crippen LogP contribution in [0.1, 0.15) is 24.0 Å². The maximum Gasteiger partial charge on any atom is 0.250 e. The highest BCUT2D eigenvalue weighted by Gasteiger charge is 2.23. The van der Waals surface area contributed by atoms with E-state index in [2.05, 4.69) is 44.8 Å². The number of fused-ring (bicyclic) bond motifs is 2. The van der Waals surface area contributed by atoms with Crippen molar-refractivity contribution in [2.75, 3.05) is 49.6 Å². The molecule has 6 rings (SSSR count). The number of aromatic nitrogens is 1. The van der Waals surface area contributed by atoms with Crippen LogP contribution < -0.4 is 25.8 Å². The second-order valence-electron chi connectivity index (χ2n) is 9.30. The van der Waals surface area contributed by atoms with Gasteiger partial charge < -0.3 is 30.0 Å². The molecule has 3 aromatic rings. The Balaban J connectivity index is 1.29. The van der Waals surface area contributed by atoms with Crippen molar-refractivity contribution in [3.63, 3.8) is 0 Å². The molecule has 0 radical (unpaired) electrons. The van der Waals surface area contributed by atoms with Crippen molar-refractivity contribution in [2.24, 2.45) is 0 Å². The Hall–Kier alpha value is -3.29. The van der Waals surface area contributed by atoms with E-state index in [1.54, 1.807) is 6.07 Å². The van der Waals surface area contributed by atoms with E-state index >= 15 is 0 Å². The van der Waals surface area contributed by atoms with Crippen LogP contribution in [0.4, 0.5) is 11.4 Å². The Morgan fingerprint density at radius 2 is 1.94 bits per heavy atom. The largest absolute Gasteiger partial charge is 0.456 e. The van der Waals surface area contributed by atoms with E-state index in [0.29, 0.717) is 19.3 Å². The number of piperidine rings is 1. The maximum absolute atomic E-state index is 12.5. The topological polar surface area (TPSA) is 78.6 Å². The Bertz CT molecular complexity index is 1240. The highest BCUT2D eigenvalue weighted by molar-refractivity contribution is 5.74. The fourth-order valence-electron chi connectivity index (χ4n) is 5.17. The van der Waals surface area contributed by atoms with Gasteiger partial charge in [-0.3, -0.25) is 4.79 Å². The zero-order chi connectivity index (χ0) is 22.9. The molecule has 0 saturated carbocycles. The summed E-state index contributed by atoms with van der Waals surface area (Å²) in [6.07, 6.45) is 3.19. The number of nitrogens with one attached hydrogen (secondary N) is 3. The number of hydrogen-bond acceptors (Lipinski definition) is 6. The number of pyridine rings is 1. The molecule has 2 saturated heterocycles. The molecule has 34 heavy (non-hydrogen) atoms. The molecule has 3 aliphatic rings. The molecular weight excluding hydrogens is 428 g/mol. The lowest BCUT2D eigenvalue weighted by Crippen LogP contribution is -2.38. The van der Waals surface area contributed by atoms with Crippen LogP contribution in [0.15, 0.2) is 53.3 Å². The number of hydrogen-bond donors (Lipinski definition) is 3. The smallest absolute Gasteiger partial charge is 0.250 e. The summed E-state index contributed by atoms with van der Waals surface area (Å²) < 4.78 is 11.9. The van der Waals surface area contributed by atoms with Gasteiger partial charge >= 0.3 is 0 Å². The van der Waals surface area contributed by atoms with Crippen LogP contribution in [-0.2, 0) is 11.2 Å². The van der Waals surface area contributed by atoms with Crippen molar-refractivity contribution < 1.29 is 9.47 Å². The van der Waals surface area contributed by atoms with Crippen LogP contribution in [-0.4, -0.2) is 50.4 Å². The van der Waals surface area contributed by atoms with Gasteiger partial charge in [0.05, 0.1) is 18.9 Å². The van der Waals surface area contributed by atoms with Crippen molar-refractivity contribution in [3.8, 4) is 22.8 Å². The lowest BCUT2D eigenvalue weighted by atomic mass is 9.96. The number of morpholine rings is 1. The van der Waals surface area contributed by atoms with Crippen LogP contribution in [0.2, 0.25) is 0 Å². The molecule has 176 valence electrons. The van der Waals surface area contributed by atoms with Crippen molar-refractivity contribution in [1.82, 2.24) is 10.3 Å². The molecule has 0 spiro atoms. The minimum atomic E-state index is -0.110. The third kappa shape index (κ3) is 4.29. The van der Waals surface area contributed by atoms with Crippen molar-refractivity contribution in [1.29, 1.82) is 0 Å². The van der Waals surface area contributed by atoms with E-state index in [4.69, 9.17) is 9.47 Å². The number of nitrogens with zero attached hydrogens (tertiary/aromatic N) is 1. The van der Waals surface area contributed by atoms with Gasteiger partial charge in [0.25, 0.3) is 0 Å². The molecule has 2 fully saturated rings. The van der Waals surface area contributed by atoms with Gasteiger partial charge in [-0.1, -0.05) is 12.1 Å². The molecule has 4 heterocycles. The number of H-pyrrole nitrogens is 1. The minimum Gasteiger partial charge on any atom is -0.456 e. The van der Waals surface area contributed by atoms with E-state index in [0.717, 1.165) is 72.3 Å². The van der Waals surface area contributed by atoms with Gasteiger partial charge in [0.2, 0.25) is 5.56 Å². The summed E-state index contributed by atoms with van der Waals surface area (Å²) in [5.41, 5.74) is 5.93. The number of aromatic amines is 1. The van der Waals surface area contributed by atoms with E-state index in [9.17, 15) is 4.79 Å². The number of rotatable bonds is 4. The lowest BCUT2D eigenvalue weighted by molar-refractivity contribution is 0.122. The summed E-state index contributed by atoms with van der Waals surface area (Å²) in [7, 11) is 0. The lowest BCUT2D eigenvalue weighted by Gasteiger charge is -2.29. The summed E-state index contributed by atoms with van der Waals surface area (Å²) >= 11 is 0. The summed E-state index contributed by atoms with van der Waals surface area (Å²) in [4.78, 5) is 17.7. The van der Waals surface area contributed by atoms with Gasteiger partial charge in [-0.25, -0.2) is 0 Å². The summed E-state index contributed by atoms with van der Waals surface area (Å²) in [5, 5.41) is 7.12. The van der Waals surface area contributed by atoms with Gasteiger partial charge in [-0.05, 0) is 55.3 Å². The highest BCUT2D eigenvalue weighted by Crippen LogP contribution is 2.43. The standard InChI is InChI=1S/C27H30N4O3/c32-26-16-22(31-9-11-33-12-10-31)15-24(30-26)23-5-1-3-18-13-19-14-20(6-7-25(19)34-27(18)23)29-21-4-2-8-28-17-21/h1,3,5-7,14-16,21,28-29H,2,4,8-13,17H2,(H,30,32). The normalized spacial score (nSPS) is 19.6. The summed E-state index contributed by atoms with van der Waals surface area (Å²) in [6, 6.07) is 16.7. The van der Waals surface area contributed by atoms with Crippen LogP contribution >= 0.6 is 0 Å². The minimum absolute atomic E-state index is 0.110. The number of para-hydroxylation sites is 1. The maximum atomic E-state index is 12.5. The first-order valence-corrected chi connectivity index (χ1v) is 12.2. The average Bonchev–Trinajstić information content (AvgIpc) is 2.88. The molecule has 7 heteroatoms. The van der Waals surface area contributed by atoms with E-state index < -0.39 is 0 Å². The van der Waals surface area contributed by atoms with Crippen LogP contribution in [0, 0.1) is 0 Å². The molecule has 1 aromatic heterocycles. The fourth-order valence-corrected chi connectivity index (χ4v) is 5.17. The number of anilines is 2. The van der Waals surface area contributed by atoms with Crippen LogP contribution in [0.3, 0.4) is 0 Å². The molecular formula is C27H30N4O3. The highest BCUT2D eigenvalue weighted by atomic mass is 16.5. The molecule has 0 aliphatic carbocycles. The van der Waals surface area contributed by atoms with Crippen LogP contribution in [0.5, 0.6) is 11.5 Å². The third-order valence-electron chi connectivity index (χ3n) is 6.91. The second kappa shape index (κ2) is 9.16. The summed E-state index contributed by atoms with van der Waals surface area (Å²) in [5.74, 6) is 1.70. The van der Waals surface area contributed by atoms with Crippen molar-refractivity contribution in [2.45, 2.75) is 25.3 Å². The quantitative estimate of drug-likeness (QED) is 0.433. The van der Waals surface area contributed by atoms with Gasteiger partial charge in [-0.2, -0.15) is 0 Å².